The summed E-state index contributed by atoms with van der Waals surface area (Å²) in [5, 5.41) is 20.8. The van der Waals surface area contributed by atoms with Gasteiger partial charge in [-0.1, -0.05) is 55.5 Å². The van der Waals surface area contributed by atoms with Gasteiger partial charge in [-0.25, -0.2) is 0 Å². The number of nitrogens with zero attached hydrogens (tertiary/aromatic N) is 1. The van der Waals surface area contributed by atoms with E-state index in [-0.39, 0.29) is 6.23 Å². The Labute approximate surface area is 196 Å². The first-order valence-electron chi connectivity index (χ1n) is 11.6. The van der Waals surface area contributed by atoms with Crippen molar-refractivity contribution in [2.45, 2.75) is 38.8 Å². The van der Waals surface area contributed by atoms with Crippen molar-refractivity contribution in [3.8, 4) is 6.07 Å². The van der Waals surface area contributed by atoms with Crippen molar-refractivity contribution < 1.29 is 4.74 Å². The lowest BCUT2D eigenvalue weighted by atomic mass is 9.87. The van der Waals surface area contributed by atoms with E-state index in [1.165, 1.54) is 17.4 Å². The van der Waals surface area contributed by atoms with Crippen LogP contribution in [0.4, 0.5) is 5.69 Å². The Kier molecular flexibility index (Phi) is 7.34. The normalized spacial score (nSPS) is 16.4. The van der Waals surface area contributed by atoms with E-state index in [0.717, 1.165) is 60.2 Å². The van der Waals surface area contributed by atoms with Crippen LogP contribution in [-0.2, 0) is 4.74 Å². The number of anilines is 1. The monoisotopic (exact) mass is 435 g/mol. The first-order valence-corrected chi connectivity index (χ1v) is 11.6. The number of rotatable bonds is 7. The molecule has 1 aliphatic heterocycles. The van der Waals surface area contributed by atoms with Crippen LogP contribution in [0, 0.1) is 16.7 Å². The molecule has 2 N–H and O–H groups in total. The summed E-state index contributed by atoms with van der Waals surface area (Å²) < 4.78 is 5.84. The van der Waals surface area contributed by atoms with Crippen LogP contribution in [0.2, 0.25) is 0 Å². The van der Waals surface area contributed by atoms with Gasteiger partial charge in [-0.05, 0) is 77.8 Å². The molecule has 1 unspecified atom stereocenters. The predicted molar refractivity (Wildman–Crippen MR) is 135 cm³/mol. The van der Waals surface area contributed by atoms with Gasteiger partial charge in [-0.3, -0.25) is 0 Å². The van der Waals surface area contributed by atoms with Crippen LogP contribution in [0.15, 0.2) is 72.8 Å². The van der Waals surface area contributed by atoms with Crippen LogP contribution in [-0.4, -0.2) is 19.0 Å². The third kappa shape index (κ3) is 5.22. The number of ether oxygens (including phenoxy) is 1. The van der Waals surface area contributed by atoms with E-state index in [4.69, 9.17) is 10.1 Å². The molecule has 166 valence electrons. The Morgan fingerprint density at radius 1 is 1.03 bits per heavy atom. The second kappa shape index (κ2) is 10.8. The van der Waals surface area contributed by atoms with E-state index in [1.54, 1.807) is 0 Å². The summed E-state index contributed by atoms with van der Waals surface area (Å²) in [4.78, 5) is 0. The van der Waals surface area contributed by atoms with E-state index in [1.807, 2.05) is 30.3 Å². The number of nitrogens with one attached hydrogen (secondary N) is 2. The van der Waals surface area contributed by atoms with E-state index < -0.39 is 0 Å². The third-order valence-electron chi connectivity index (χ3n) is 6.07. The van der Waals surface area contributed by atoms with Crippen LogP contribution < -0.4 is 5.32 Å². The maximum Gasteiger partial charge on any atom is 0.127 e. The molecular formula is C29H29N3O. The second-order valence-electron chi connectivity index (χ2n) is 8.21. The minimum Gasteiger partial charge on any atom is -0.360 e. The van der Waals surface area contributed by atoms with Crippen LogP contribution in [0.1, 0.15) is 60.4 Å². The topological polar surface area (TPSA) is 68.9 Å². The van der Waals surface area contributed by atoms with Crippen molar-refractivity contribution in [3.05, 3.63) is 101 Å². The molecule has 0 spiro atoms. The van der Waals surface area contributed by atoms with Gasteiger partial charge >= 0.3 is 0 Å². The SMILES string of the molecule is CC/C(=C(/c1ccc(C#N)cc1)c1ccc(NC2CCCCO2)c(C=N)c1)c1ccccc1. The highest BCUT2D eigenvalue weighted by Gasteiger charge is 2.17. The summed E-state index contributed by atoms with van der Waals surface area (Å²) >= 11 is 0. The van der Waals surface area contributed by atoms with Crippen LogP contribution >= 0.6 is 0 Å². The van der Waals surface area contributed by atoms with Gasteiger partial charge in [0.05, 0.1) is 11.6 Å². The first kappa shape index (κ1) is 22.5. The van der Waals surface area contributed by atoms with Crippen molar-refractivity contribution in [2.24, 2.45) is 0 Å². The fourth-order valence-electron chi connectivity index (χ4n) is 4.39. The number of benzene rings is 3. The Hall–Kier alpha value is -3.68. The van der Waals surface area contributed by atoms with E-state index in [2.05, 4.69) is 60.8 Å². The molecule has 0 aromatic heterocycles. The van der Waals surface area contributed by atoms with Crippen molar-refractivity contribution in [2.75, 3.05) is 11.9 Å². The highest BCUT2D eigenvalue weighted by molar-refractivity contribution is 6.00. The average Bonchev–Trinajstić information content (AvgIpc) is 2.89. The summed E-state index contributed by atoms with van der Waals surface area (Å²) in [6, 6.07) is 26.6. The molecule has 4 rings (SSSR count). The number of hydrogen-bond acceptors (Lipinski definition) is 4. The molecule has 0 saturated carbocycles. The Balaban J connectivity index is 1.82. The zero-order chi connectivity index (χ0) is 23.0. The molecule has 3 aromatic carbocycles. The fourth-order valence-corrected chi connectivity index (χ4v) is 4.39. The van der Waals surface area contributed by atoms with Crippen LogP contribution in [0.5, 0.6) is 0 Å². The number of hydrogen-bond donors (Lipinski definition) is 2. The van der Waals surface area contributed by atoms with Gasteiger partial charge in [-0.15, -0.1) is 0 Å². The number of nitriles is 1. The van der Waals surface area contributed by atoms with Gasteiger partial charge in [0.2, 0.25) is 0 Å². The molecule has 1 heterocycles. The minimum absolute atomic E-state index is 0.00707. The Morgan fingerprint density at radius 2 is 1.79 bits per heavy atom. The van der Waals surface area contributed by atoms with E-state index >= 15 is 0 Å². The zero-order valence-electron chi connectivity index (χ0n) is 19.0. The van der Waals surface area contributed by atoms with E-state index in [9.17, 15) is 5.26 Å². The molecular weight excluding hydrogens is 406 g/mol. The van der Waals surface area contributed by atoms with Gasteiger partial charge in [-0.2, -0.15) is 5.26 Å². The maximum atomic E-state index is 9.25. The minimum atomic E-state index is -0.00707. The van der Waals surface area contributed by atoms with Gasteiger partial charge < -0.3 is 15.5 Å². The zero-order valence-corrected chi connectivity index (χ0v) is 19.0. The summed E-state index contributed by atoms with van der Waals surface area (Å²) in [6.45, 7) is 2.94. The van der Waals surface area contributed by atoms with E-state index in [0.29, 0.717) is 5.56 Å². The highest BCUT2D eigenvalue weighted by atomic mass is 16.5. The molecule has 4 heteroatoms. The second-order valence-corrected chi connectivity index (χ2v) is 8.21. The molecule has 0 radical (unpaired) electrons. The van der Waals surface area contributed by atoms with Crippen molar-refractivity contribution in [1.29, 1.82) is 10.7 Å². The fraction of sp³-hybridized carbons (Fsp3) is 0.241. The molecule has 1 aliphatic rings. The van der Waals surface area contributed by atoms with Crippen molar-refractivity contribution >= 4 is 23.0 Å². The third-order valence-corrected chi connectivity index (χ3v) is 6.07. The summed E-state index contributed by atoms with van der Waals surface area (Å²) in [7, 11) is 0. The Bertz CT molecular complexity index is 1170. The summed E-state index contributed by atoms with van der Waals surface area (Å²) in [5.74, 6) is 0. The molecule has 0 aliphatic carbocycles. The first-order chi connectivity index (χ1) is 16.2. The molecule has 0 amide bonds. The van der Waals surface area contributed by atoms with Crippen molar-refractivity contribution in [1.82, 2.24) is 0 Å². The summed E-state index contributed by atoms with van der Waals surface area (Å²) in [6.07, 6.45) is 5.48. The maximum absolute atomic E-state index is 9.25. The molecule has 0 bridgehead atoms. The van der Waals surface area contributed by atoms with Gasteiger partial charge in [0, 0.05) is 24.1 Å². The lowest BCUT2D eigenvalue weighted by molar-refractivity contribution is 0.0343. The van der Waals surface area contributed by atoms with Crippen molar-refractivity contribution in [3.63, 3.8) is 0 Å². The number of allylic oxidation sites excluding steroid dienone is 1. The highest BCUT2D eigenvalue weighted by Crippen LogP contribution is 2.36. The standard InChI is InChI=1S/C29H29N3O/c1-2-26(22-8-4-3-5-9-22)29(23-13-11-21(19-30)12-14-23)24-15-16-27(25(18-24)20-31)32-28-10-6-7-17-33-28/h3-5,8-9,11-16,18,20,28,31-32H,2,6-7,10,17H2,1H3/b29-26+,31-20?. The lowest BCUT2D eigenvalue weighted by Gasteiger charge is -2.25. The molecule has 1 saturated heterocycles. The Morgan fingerprint density at radius 3 is 2.42 bits per heavy atom. The van der Waals surface area contributed by atoms with Crippen LogP contribution in [0.25, 0.3) is 11.1 Å². The predicted octanol–water partition coefficient (Wildman–Crippen LogP) is 6.86. The smallest absolute Gasteiger partial charge is 0.127 e. The molecule has 33 heavy (non-hydrogen) atoms. The van der Waals surface area contributed by atoms with Gasteiger partial charge in [0.15, 0.2) is 0 Å². The largest absolute Gasteiger partial charge is 0.360 e. The molecule has 1 fully saturated rings. The quantitative estimate of drug-likeness (QED) is 0.314. The molecule has 3 aromatic rings. The van der Waals surface area contributed by atoms with Gasteiger partial charge in [0.25, 0.3) is 0 Å². The van der Waals surface area contributed by atoms with Crippen LogP contribution in [0.3, 0.4) is 0 Å². The lowest BCUT2D eigenvalue weighted by Crippen LogP contribution is -2.27. The molecule has 1 atom stereocenters. The van der Waals surface area contributed by atoms with Gasteiger partial charge in [0.1, 0.15) is 6.23 Å². The summed E-state index contributed by atoms with van der Waals surface area (Å²) in [5.41, 5.74) is 8.02. The average molecular weight is 436 g/mol. The molecule has 4 nitrogen and oxygen atoms in total.